The lowest BCUT2D eigenvalue weighted by atomic mass is 9.87. The first-order valence-corrected chi connectivity index (χ1v) is 23.8. The molecule has 3 aliphatic rings. The monoisotopic (exact) mass is 947 g/mol. The fourth-order valence-electron chi connectivity index (χ4n) is 8.20. The Morgan fingerprint density at radius 3 is 2.43 bits per heavy atom. The van der Waals surface area contributed by atoms with Crippen LogP contribution in [0.5, 0.6) is 5.75 Å². The summed E-state index contributed by atoms with van der Waals surface area (Å²) < 4.78 is 22.7. The van der Waals surface area contributed by atoms with E-state index >= 15 is 4.39 Å². The van der Waals surface area contributed by atoms with Gasteiger partial charge in [0, 0.05) is 84.4 Å². The number of ether oxygens (including phenoxy) is 1. The number of aldehydes is 1. The van der Waals surface area contributed by atoms with Crippen molar-refractivity contribution in [2.45, 2.75) is 84.4 Å². The Morgan fingerprint density at radius 2 is 1.78 bits per heavy atom. The van der Waals surface area contributed by atoms with Crippen LogP contribution in [0.25, 0.3) is 22.6 Å². The number of aromatic carboxylic acids is 1. The summed E-state index contributed by atoms with van der Waals surface area (Å²) in [4.78, 5) is 52.9. The van der Waals surface area contributed by atoms with Gasteiger partial charge < -0.3 is 35.4 Å². The molecule has 4 aromatic rings. The van der Waals surface area contributed by atoms with Gasteiger partial charge in [0.1, 0.15) is 17.4 Å². The van der Waals surface area contributed by atoms with Crippen LogP contribution < -0.4 is 30.7 Å². The molecule has 16 heteroatoms. The largest absolute Gasteiger partial charge is 0.483 e. The van der Waals surface area contributed by atoms with E-state index in [4.69, 9.17) is 21.4 Å². The van der Waals surface area contributed by atoms with Crippen LogP contribution in [0.2, 0.25) is 5.02 Å². The zero-order chi connectivity index (χ0) is 47.6. The number of rotatable bonds is 13. The van der Waals surface area contributed by atoms with Crippen molar-refractivity contribution in [2.24, 2.45) is 0 Å². The van der Waals surface area contributed by atoms with Gasteiger partial charge in [0.15, 0.2) is 16.9 Å². The van der Waals surface area contributed by atoms with Crippen LogP contribution in [0.15, 0.2) is 66.4 Å². The first-order chi connectivity index (χ1) is 31.1. The number of piperidine rings is 1. The first kappa shape index (κ1) is 50.8. The summed E-state index contributed by atoms with van der Waals surface area (Å²) in [5.41, 5.74) is 5.99. The van der Waals surface area contributed by atoms with Gasteiger partial charge in [-0.05, 0) is 99.2 Å². The van der Waals surface area contributed by atoms with E-state index in [1.165, 1.54) is 24.4 Å². The molecule has 0 atom stereocenters. The zero-order valence-electron chi connectivity index (χ0n) is 38.1. The zero-order valence-corrected chi connectivity index (χ0v) is 40.4. The van der Waals surface area contributed by atoms with Crippen LogP contribution in [0.1, 0.15) is 93.9 Å². The molecule has 1 fully saturated rings. The highest BCUT2D eigenvalue weighted by atomic mass is 35.5. The van der Waals surface area contributed by atoms with Gasteiger partial charge in [-0.1, -0.05) is 74.7 Å². The number of carboxylic acids is 1. The third-order valence-electron chi connectivity index (χ3n) is 11.3. The molecule has 3 aliphatic heterocycles. The number of likely N-dealkylation sites (tertiary alicyclic amines) is 1. The predicted molar refractivity (Wildman–Crippen MR) is 263 cm³/mol. The van der Waals surface area contributed by atoms with Crippen LogP contribution in [0, 0.1) is 5.82 Å². The lowest BCUT2D eigenvalue weighted by Crippen LogP contribution is -2.43. The number of nitrogens with zero attached hydrogens (tertiary/aromatic N) is 3. The van der Waals surface area contributed by atoms with E-state index < -0.39 is 5.97 Å². The molecule has 7 rings (SSSR count). The van der Waals surface area contributed by atoms with Crippen molar-refractivity contribution in [2.75, 3.05) is 55.4 Å². The molecule has 1 aromatic heterocycles. The Balaban J connectivity index is 0.00000152. The number of hydrogen-bond donors (Lipinski definition) is 4. The minimum Gasteiger partial charge on any atom is -0.483 e. The third-order valence-corrected chi connectivity index (χ3v) is 14.4. The number of carboxylic acid groups (broad SMARTS) is 1. The van der Waals surface area contributed by atoms with Crippen molar-refractivity contribution < 1.29 is 38.5 Å². The maximum absolute atomic E-state index is 15.2. The molecule has 0 radical (unpaired) electrons. The second kappa shape index (κ2) is 22.8. The van der Waals surface area contributed by atoms with Gasteiger partial charge in [-0.2, -0.15) is 0 Å². The molecule has 0 saturated carbocycles. The van der Waals surface area contributed by atoms with Gasteiger partial charge in [-0.3, -0.25) is 9.59 Å². The summed E-state index contributed by atoms with van der Waals surface area (Å²) >= 11 is 9.07. The highest BCUT2D eigenvalue weighted by Gasteiger charge is 2.33. The van der Waals surface area contributed by atoms with Crippen LogP contribution in [0.3, 0.4) is 0 Å². The van der Waals surface area contributed by atoms with E-state index in [2.05, 4.69) is 61.4 Å². The van der Waals surface area contributed by atoms with Gasteiger partial charge in [0.05, 0.1) is 10.6 Å². The Hall–Kier alpha value is -5.19. The first-order valence-electron chi connectivity index (χ1n) is 21.6. The van der Waals surface area contributed by atoms with E-state index in [-0.39, 0.29) is 51.5 Å². The molecular weight excluding hydrogens is 889 g/mol. The summed E-state index contributed by atoms with van der Waals surface area (Å²) in [6.07, 6.45) is 6.09. The number of nitrogens with one attached hydrogen (secondary N) is 2. The second-order valence-electron chi connectivity index (χ2n) is 16.4. The SMILES string of the molecule is C=c1c(C2CCN(C(=O)Nc3ccc(F)c(CSN4CC=C(Nc5cccc(-c6sc(C(=O)O)c(OCC=O)c6Cl)c5)CC4(C)C)c3)CC2)ccc2c1=C(C)C(=O)N2CC.CCC.CO. The fourth-order valence-corrected chi connectivity index (χ4v) is 10.7. The number of benzene rings is 3. The van der Waals surface area contributed by atoms with E-state index in [0.29, 0.717) is 66.3 Å². The Morgan fingerprint density at radius 1 is 1.08 bits per heavy atom. The van der Waals surface area contributed by atoms with Crippen LogP contribution in [-0.2, 0) is 15.3 Å². The maximum atomic E-state index is 15.2. The average molecular weight is 949 g/mol. The van der Waals surface area contributed by atoms with Crippen molar-refractivity contribution in [1.29, 1.82) is 0 Å². The van der Waals surface area contributed by atoms with Gasteiger partial charge in [-0.15, -0.1) is 11.3 Å². The lowest BCUT2D eigenvalue weighted by molar-refractivity contribution is -0.113. The van der Waals surface area contributed by atoms with Crippen molar-refractivity contribution in [1.82, 2.24) is 9.21 Å². The number of carbonyl (C=O) groups is 4. The second-order valence-corrected chi connectivity index (χ2v) is 18.7. The number of aliphatic hydroxyl groups is 1. The average Bonchev–Trinajstić information content (AvgIpc) is 3.75. The molecular formula is C49H59ClFN5O7S2. The van der Waals surface area contributed by atoms with Crippen molar-refractivity contribution in [3.8, 4) is 16.2 Å². The van der Waals surface area contributed by atoms with Gasteiger partial charge in [0.25, 0.3) is 5.91 Å². The molecule has 0 spiro atoms. The highest BCUT2D eigenvalue weighted by molar-refractivity contribution is 7.96. The van der Waals surface area contributed by atoms with E-state index in [1.54, 1.807) is 21.9 Å². The smallest absolute Gasteiger partial charge is 0.349 e. The molecule has 4 heterocycles. The number of fused-ring (bicyclic) bond motifs is 1. The van der Waals surface area contributed by atoms with Gasteiger partial charge >= 0.3 is 12.0 Å². The summed E-state index contributed by atoms with van der Waals surface area (Å²) in [5.74, 6) is -0.927. The van der Waals surface area contributed by atoms with Gasteiger partial charge in [0.2, 0.25) is 0 Å². The normalized spacial score (nSPS) is 15.8. The van der Waals surface area contributed by atoms with Crippen molar-refractivity contribution in [3.05, 3.63) is 104 Å². The van der Waals surface area contributed by atoms with Crippen molar-refractivity contribution >= 4 is 88.3 Å². The number of halogens is 2. The standard InChI is InChI=1S/C45H47ClFN5O6S2.C3H8.CH4O/c1-6-51-36-13-11-34(26(2)37(36)27(3)42(51)54)28-14-17-50(18-15-28)44(57)49-32-10-12-35(47)30(23-32)25-59-52-19-16-33(24-45(52,4)5)48-31-9-7-8-29(22-31)40-38(46)39(58-21-20-53)41(60-40)43(55)56;1-3-2;1-2/h7-13,16,20,22-23,28,48H,2,6,14-15,17-19,21,24-25H2,1,3-5H3,(H,49,57)(H,55,56);3H2,1-2H3;2H,1H3. The third kappa shape index (κ3) is 11.6. The topological polar surface area (TPSA) is 152 Å². The number of thiophene rings is 1. The molecule has 4 N–H and O–H groups in total. The Labute approximate surface area is 393 Å². The van der Waals surface area contributed by atoms with Gasteiger partial charge in [-0.25, -0.2) is 18.3 Å². The fraction of sp³-hybridized carbons (Fsp3) is 0.388. The number of hydrogen-bond acceptors (Lipinski definition) is 10. The molecule has 3 amide bonds. The Kier molecular flexibility index (Phi) is 17.8. The molecule has 0 unspecified atom stereocenters. The highest BCUT2D eigenvalue weighted by Crippen LogP contribution is 2.46. The maximum Gasteiger partial charge on any atom is 0.349 e. The van der Waals surface area contributed by atoms with E-state index in [1.807, 2.05) is 44.2 Å². The summed E-state index contributed by atoms with van der Waals surface area (Å²) in [6.45, 7) is 18.8. The quantitative estimate of drug-likeness (QED) is 0.0754. The van der Waals surface area contributed by atoms with E-state index in [0.717, 1.165) is 69.9 Å². The number of urea groups is 1. The van der Waals surface area contributed by atoms with Crippen LogP contribution in [0.4, 0.5) is 26.2 Å². The van der Waals surface area contributed by atoms with Crippen LogP contribution in [-0.4, -0.2) is 89.0 Å². The number of anilines is 3. The lowest BCUT2D eigenvalue weighted by Gasteiger charge is -2.41. The van der Waals surface area contributed by atoms with E-state index in [9.17, 15) is 24.3 Å². The number of aliphatic hydroxyl groups excluding tert-OH is 1. The molecule has 1 saturated heterocycles. The molecule has 65 heavy (non-hydrogen) atoms. The Bertz CT molecular complexity index is 2540. The number of carbonyl (C=O) groups excluding carboxylic acids is 3. The minimum absolute atomic E-state index is 0.0221. The molecule has 12 nitrogen and oxygen atoms in total. The molecule has 0 aliphatic carbocycles. The summed E-state index contributed by atoms with van der Waals surface area (Å²) in [7, 11) is 1.00. The van der Waals surface area contributed by atoms with Crippen molar-refractivity contribution in [3.63, 3.8) is 0 Å². The number of amides is 3. The summed E-state index contributed by atoms with van der Waals surface area (Å²) in [5, 5.41) is 25.2. The molecule has 3 aromatic carbocycles. The summed E-state index contributed by atoms with van der Waals surface area (Å²) in [6, 6.07) is 16.1. The van der Waals surface area contributed by atoms with Crippen LogP contribution >= 0.6 is 34.9 Å². The minimum atomic E-state index is -1.19. The predicted octanol–water partition coefficient (Wildman–Crippen LogP) is 9.50. The molecule has 0 bridgehead atoms. The molecule has 348 valence electrons.